The summed E-state index contributed by atoms with van der Waals surface area (Å²) in [7, 11) is -3.31. The highest BCUT2D eigenvalue weighted by atomic mass is 35.5. The number of carbonyl (C=O) groups is 1. The molecule has 1 aromatic heterocycles. The normalized spacial score (nSPS) is 12.4. The van der Waals surface area contributed by atoms with E-state index in [9.17, 15) is 17.6 Å². The number of nitrogens with zero attached hydrogens (tertiary/aromatic N) is 1. The quantitative estimate of drug-likeness (QED) is 0.529. The van der Waals surface area contributed by atoms with Crippen LogP contribution in [0.5, 0.6) is 0 Å². The van der Waals surface area contributed by atoms with Gasteiger partial charge >= 0.3 is 6.09 Å². The Morgan fingerprint density at radius 2 is 2.00 bits per heavy atom. The number of sulfone groups is 1. The van der Waals surface area contributed by atoms with E-state index in [4.69, 9.17) is 20.9 Å². The Kier molecular flexibility index (Phi) is 6.66. The third-order valence-electron chi connectivity index (χ3n) is 4.42. The number of nitrogens with one attached hydrogen (secondary N) is 1. The van der Waals surface area contributed by atoms with Crippen LogP contribution in [-0.2, 0) is 20.3 Å². The molecule has 10 heteroatoms. The molecular weight excluding hydrogens is 447 g/mol. The van der Waals surface area contributed by atoms with E-state index in [1.165, 1.54) is 12.1 Å². The molecule has 3 rings (SSSR count). The number of amides is 1. The van der Waals surface area contributed by atoms with Crippen LogP contribution in [0.15, 0.2) is 47.0 Å². The van der Waals surface area contributed by atoms with Crippen molar-refractivity contribution in [3.05, 3.63) is 70.1 Å². The van der Waals surface area contributed by atoms with Crippen LogP contribution in [0, 0.1) is 12.7 Å². The monoisotopic (exact) mass is 466 g/mol. The molecule has 7 nitrogen and oxygen atoms in total. The molecule has 31 heavy (non-hydrogen) atoms. The van der Waals surface area contributed by atoms with E-state index in [1.807, 2.05) is 0 Å². The first-order chi connectivity index (χ1) is 14.5. The Labute approximate surface area is 184 Å². The van der Waals surface area contributed by atoms with Crippen molar-refractivity contribution in [2.24, 2.45) is 0 Å². The Hall–Kier alpha value is -2.91. The van der Waals surface area contributed by atoms with Gasteiger partial charge in [0.1, 0.15) is 23.3 Å². The largest absolute Gasteiger partial charge is 0.441 e. The van der Waals surface area contributed by atoms with Gasteiger partial charge in [0.25, 0.3) is 0 Å². The van der Waals surface area contributed by atoms with Crippen molar-refractivity contribution in [1.29, 1.82) is 0 Å². The third-order valence-corrected chi connectivity index (χ3v) is 5.63. The summed E-state index contributed by atoms with van der Waals surface area (Å²) in [4.78, 5) is 12.4. The van der Waals surface area contributed by atoms with Gasteiger partial charge in [0.15, 0.2) is 15.6 Å². The minimum absolute atomic E-state index is 0.0109. The molecule has 0 saturated carbocycles. The Balaban J connectivity index is 1.81. The Bertz CT molecular complexity index is 1230. The fourth-order valence-corrected chi connectivity index (χ4v) is 4.07. The van der Waals surface area contributed by atoms with Gasteiger partial charge in [-0.25, -0.2) is 17.6 Å². The number of benzene rings is 2. The van der Waals surface area contributed by atoms with Crippen molar-refractivity contribution in [3.8, 4) is 11.3 Å². The van der Waals surface area contributed by atoms with Crippen LogP contribution in [0.3, 0.4) is 0 Å². The molecular formula is C21H20ClFN2O5S. The number of rotatable bonds is 6. The van der Waals surface area contributed by atoms with E-state index in [0.717, 1.165) is 12.3 Å². The minimum atomic E-state index is -3.31. The Morgan fingerprint density at radius 1 is 1.29 bits per heavy atom. The summed E-state index contributed by atoms with van der Waals surface area (Å²) in [6, 6.07) is 10.9. The van der Waals surface area contributed by atoms with E-state index in [0.29, 0.717) is 21.8 Å². The summed E-state index contributed by atoms with van der Waals surface area (Å²) in [6.45, 7) is 3.25. The molecule has 3 aromatic rings. The fourth-order valence-electron chi connectivity index (χ4n) is 3.00. The van der Waals surface area contributed by atoms with Gasteiger partial charge in [-0.15, -0.1) is 0 Å². The summed E-state index contributed by atoms with van der Waals surface area (Å²) < 4.78 is 48.1. The highest BCUT2D eigenvalue weighted by Crippen LogP contribution is 2.34. The molecule has 1 atom stereocenters. The number of aryl methyl sites for hydroxylation is 1. The molecule has 0 saturated heterocycles. The SMILES string of the molecule is Cc1noc(-c2ccc(CS(C)(=O)=O)cc2F)c1NC(=O)O[C@H](C)c1ccccc1Cl. The second kappa shape index (κ2) is 9.07. The number of halogens is 2. The summed E-state index contributed by atoms with van der Waals surface area (Å²) in [5.74, 6) is -1.02. The van der Waals surface area contributed by atoms with E-state index in [2.05, 4.69) is 10.5 Å². The van der Waals surface area contributed by atoms with E-state index >= 15 is 0 Å². The topological polar surface area (TPSA) is 98.5 Å². The van der Waals surface area contributed by atoms with Crippen LogP contribution in [0.2, 0.25) is 5.02 Å². The van der Waals surface area contributed by atoms with Crippen molar-refractivity contribution < 1.29 is 26.9 Å². The Morgan fingerprint density at radius 3 is 2.65 bits per heavy atom. The molecule has 0 unspecified atom stereocenters. The summed E-state index contributed by atoms with van der Waals surface area (Å²) >= 11 is 6.13. The number of hydrogen-bond donors (Lipinski definition) is 1. The van der Waals surface area contributed by atoms with E-state index in [1.54, 1.807) is 38.1 Å². The molecule has 164 valence electrons. The van der Waals surface area contributed by atoms with E-state index < -0.39 is 27.9 Å². The average Bonchev–Trinajstić information content (AvgIpc) is 3.01. The third kappa shape index (κ3) is 5.62. The lowest BCUT2D eigenvalue weighted by Crippen LogP contribution is -2.17. The lowest BCUT2D eigenvalue weighted by molar-refractivity contribution is 0.121. The van der Waals surface area contributed by atoms with Crippen molar-refractivity contribution in [1.82, 2.24) is 5.16 Å². The average molecular weight is 467 g/mol. The zero-order valence-electron chi connectivity index (χ0n) is 17.0. The highest BCUT2D eigenvalue weighted by Gasteiger charge is 2.23. The van der Waals surface area contributed by atoms with Gasteiger partial charge in [-0.3, -0.25) is 5.32 Å². The first-order valence-electron chi connectivity index (χ1n) is 9.20. The van der Waals surface area contributed by atoms with Gasteiger partial charge in [-0.05, 0) is 37.6 Å². The molecule has 0 aliphatic heterocycles. The van der Waals surface area contributed by atoms with Gasteiger partial charge in [0.2, 0.25) is 0 Å². The van der Waals surface area contributed by atoms with Crippen LogP contribution in [0.25, 0.3) is 11.3 Å². The highest BCUT2D eigenvalue weighted by molar-refractivity contribution is 7.89. The van der Waals surface area contributed by atoms with Crippen LogP contribution in [0.4, 0.5) is 14.9 Å². The maximum Gasteiger partial charge on any atom is 0.412 e. The molecule has 0 aliphatic carbocycles. The second-order valence-electron chi connectivity index (χ2n) is 7.05. The van der Waals surface area contributed by atoms with Crippen LogP contribution in [-0.4, -0.2) is 25.9 Å². The first kappa shape index (κ1) is 22.8. The molecule has 0 spiro atoms. The van der Waals surface area contributed by atoms with Crippen molar-refractivity contribution in [2.45, 2.75) is 25.7 Å². The van der Waals surface area contributed by atoms with Crippen LogP contribution < -0.4 is 5.32 Å². The van der Waals surface area contributed by atoms with E-state index in [-0.39, 0.29) is 22.8 Å². The molecule has 0 aliphatic rings. The predicted octanol–water partition coefficient (Wildman–Crippen LogP) is 5.30. The number of aromatic nitrogens is 1. The summed E-state index contributed by atoms with van der Waals surface area (Å²) in [6.07, 6.45) is -0.367. The van der Waals surface area contributed by atoms with Crippen molar-refractivity contribution >= 4 is 33.2 Å². The molecule has 0 bridgehead atoms. The van der Waals surface area contributed by atoms with Crippen LogP contribution >= 0.6 is 11.6 Å². The minimum Gasteiger partial charge on any atom is -0.441 e. The fraction of sp³-hybridized carbons (Fsp3) is 0.238. The van der Waals surface area contributed by atoms with Gasteiger partial charge in [-0.1, -0.05) is 41.0 Å². The molecule has 1 N–H and O–H groups in total. The number of hydrogen-bond acceptors (Lipinski definition) is 6. The molecule has 1 amide bonds. The predicted molar refractivity (Wildman–Crippen MR) is 115 cm³/mol. The second-order valence-corrected chi connectivity index (χ2v) is 9.60. The molecule has 2 aromatic carbocycles. The first-order valence-corrected chi connectivity index (χ1v) is 11.6. The molecule has 0 radical (unpaired) electrons. The summed E-state index contributed by atoms with van der Waals surface area (Å²) in [5, 5.41) is 6.79. The van der Waals surface area contributed by atoms with Crippen LogP contribution in [0.1, 0.15) is 29.8 Å². The number of ether oxygens (including phenoxy) is 1. The van der Waals surface area contributed by atoms with Crippen molar-refractivity contribution in [2.75, 3.05) is 11.6 Å². The lowest BCUT2D eigenvalue weighted by Gasteiger charge is -2.15. The number of carbonyl (C=O) groups excluding carboxylic acids is 1. The van der Waals surface area contributed by atoms with Gasteiger partial charge in [-0.2, -0.15) is 0 Å². The summed E-state index contributed by atoms with van der Waals surface area (Å²) in [5.41, 5.74) is 1.41. The molecule has 0 fully saturated rings. The van der Waals surface area contributed by atoms with Crippen molar-refractivity contribution in [3.63, 3.8) is 0 Å². The maximum absolute atomic E-state index is 14.7. The zero-order valence-corrected chi connectivity index (χ0v) is 18.6. The lowest BCUT2D eigenvalue weighted by atomic mass is 10.1. The van der Waals surface area contributed by atoms with Gasteiger partial charge in [0.05, 0.1) is 11.3 Å². The molecule has 1 heterocycles. The standard InChI is InChI=1S/C21H20ClFN2O5S/c1-12-19(24-21(26)29-13(2)15-6-4-5-7-17(15)22)20(30-25-12)16-9-8-14(10-18(16)23)11-31(3,27)28/h4-10,13H,11H2,1-3H3,(H,24,26)/t13-/m1/s1. The number of anilines is 1. The maximum atomic E-state index is 14.7. The zero-order chi connectivity index (χ0) is 22.8. The smallest absolute Gasteiger partial charge is 0.412 e. The van der Waals surface area contributed by atoms with Gasteiger partial charge < -0.3 is 9.26 Å². The van der Waals surface area contributed by atoms with Gasteiger partial charge in [0, 0.05) is 16.8 Å².